The number of anilines is 2. The minimum atomic E-state index is 0.346. The molecule has 0 spiro atoms. The maximum Gasteiger partial charge on any atom is 0.128 e. The van der Waals surface area contributed by atoms with Crippen molar-refractivity contribution < 1.29 is 0 Å². The average Bonchev–Trinajstić information content (AvgIpc) is 2.52. The van der Waals surface area contributed by atoms with E-state index in [1.807, 2.05) is 31.3 Å². The Kier molecular flexibility index (Phi) is 5.61. The Balaban J connectivity index is 2.11. The molecule has 0 amide bonds. The van der Waals surface area contributed by atoms with Crippen LogP contribution >= 0.6 is 0 Å². The lowest BCUT2D eigenvalue weighted by atomic mass is 10.0. The van der Waals surface area contributed by atoms with Gasteiger partial charge in [-0.3, -0.25) is 0 Å². The summed E-state index contributed by atoms with van der Waals surface area (Å²) in [5.41, 5.74) is 2.41. The Morgan fingerprint density at radius 1 is 1.10 bits per heavy atom. The van der Waals surface area contributed by atoms with Crippen molar-refractivity contribution in [2.45, 2.75) is 32.2 Å². The van der Waals surface area contributed by atoms with Gasteiger partial charge in [0.2, 0.25) is 0 Å². The molecule has 1 atom stereocenters. The van der Waals surface area contributed by atoms with Gasteiger partial charge >= 0.3 is 0 Å². The van der Waals surface area contributed by atoms with Gasteiger partial charge in [-0.2, -0.15) is 0 Å². The lowest BCUT2D eigenvalue weighted by molar-refractivity contribution is 0.634. The van der Waals surface area contributed by atoms with Gasteiger partial charge in [0, 0.05) is 14.1 Å². The zero-order valence-electron chi connectivity index (χ0n) is 13.2. The van der Waals surface area contributed by atoms with Gasteiger partial charge in [-0.25, -0.2) is 4.98 Å². The maximum atomic E-state index is 4.47. The smallest absolute Gasteiger partial charge is 0.128 e. The van der Waals surface area contributed by atoms with Crippen LogP contribution in [0.2, 0.25) is 0 Å². The highest BCUT2D eigenvalue weighted by Crippen LogP contribution is 2.24. The molecule has 0 saturated heterocycles. The normalized spacial score (nSPS) is 12.0. The van der Waals surface area contributed by atoms with Gasteiger partial charge in [-0.1, -0.05) is 50.1 Å². The second kappa shape index (κ2) is 7.67. The molecule has 0 fully saturated rings. The highest BCUT2D eigenvalue weighted by atomic mass is 15.1. The highest BCUT2D eigenvalue weighted by Gasteiger charge is 2.10. The van der Waals surface area contributed by atoms with E-state index < -0.39 is 0 Å². The van der Waals surface area contributed by atoms with Crippen LogP contribution in [-0.4, -0.2) is 19.1 Å². The van der Waals surface area contributed by atoms with Crippen molar-refractivity contribution in [1.82, 2.24) is 4.98 Å². The molecule has 1 unspecified atom stereocenters. The van der Waals surface area contributed by atoms with Crippen LogP contribution in [0, 0.1) is 0 Å². The van der Waals surface area contributed by atoms with E-state index in [4.69, 9.17) is 0 Å². The van der Waals surface area contributed by atoms with E-state index in [1.165, 1.54) is 18.4 Å². The molecule has 1 aromatic heterocycles. The summed E-state index contributed by atoms with van der Waals surface area (Å²) in [6, 6.07) is 15.1. The summed E-state index contributed by atoms with van der Waals surface area (Å²) in [5.74, 6) is 0.977. The summed E-state index contributed by atoms with van der Waals surface area (Å²) in [4.78, 5) is 6.48. The van der Waals surface area contributed by atoms with Crippen molar-refractivity contribution in [2.24, 2.45) is 0 Å². The number of rotatable bonds is 7. The monoisotopic (exact) mass is 283 g/mol. The van der Waals surface area contributed by atoms with Crippen molar-refractivity contribution in [3.05, 3.63) is 54.2 Å². The van der Waals surface area contributed by atoms with Gasteiger partial charge in [0.25, 0.3) is 0 Å². The lowest BCUT2D eigenvalue weighted by Gasteiger charge is -2.21. The Morgan fingerprint density at radius 3 is 2.43 bits per heavy atom. The molecule has 21 heavy (non-hydrogen) atoms. The zero-order chi connectivity index (χ0) is 15.1. The minimum Gasteiger partial charge on any atom is -0.377 e. The van der Waals surface area contributed by atoms with Gasteiger partial charge in [-0.05, 0) is 24.1 Å². The molecule has 1 aromatic carbocycles. The number of unbranched alkanes of at least 4 members (excludes halogenated alkanes) is 1. The lowest BCUT2D eigenvalue weighted by Crippen LogP contribution is -2.13. The fourth-order valence-corrected chi connectivity index (χ4v) is 2.35. The van der Waals surface area contributed by atoms with Crippen molar-refractivity contribution >= 4 is 11.5 Å². The molecule has 0 bridgehead atoms. The predicted molar refractivity (Wildman–Crippen MR) is 90.9 cm³/mol. The molecule has 2 rings (SSSR count). The van der Waals surface area contributed by atoms with Gasteiger partial charge in [0.05, 0.1) is 17.9 Å². The Labute approximate surface area is 128 Å². The molecule has 0 aliphatic carbocycles. The van der Waals surface area contributed by atoms with Crippen molar-refractivity contribution in [2.75, 3.05) is 24.3 Å². The van der Waals surface area contributed by atoms with Gasteiger partial charge < -0.3 is 10.2 Å². The van der Waals surface area contributed by atoms with E-state index in [0.717, 1.165) is 17.9 Å². The summed E-state index contributed by atoms with van der Waals surface area (Å²) in [6.07, 6.45) is 5.48. The first kappa shape index (κ1) is 15.4. The van der Waals surface area contributed by atoms with E-state index in [9.17, 15) is 0 Å². The molecule has 2 aromatic rings. The summed E-state index contributed by atoms with van der Waals surface area (Å²) in [5, 5.41) is 3.62. The largest absolute Gasteiger partial charge is 0.377 e. The van der Waals surface area contributed by atoms with Crippen LogP contribution in [0.25, 0.3) is 0 Å². The SMILES string of the molecule is CCCCC(Nc1ccc(N(C)C)nc1)c1ccccc1. The second-order valence-electron chi connectivity index (χ2n) is 5.55. The highest BCUT2D eigenvalue weighted by molar-refractivity contribution is 5.49. The third kappa shape index (κ3) is 4.48. The second-order valence-corrected chi connectivity index (χ2v) is 5.55. The molecular weight excluding hydrogens is 258 g/mol. The fraction of sp³-hybridized carbons (Fsp3) is 0.389. The fourth-order valence-electron chi connectivity index (χ4n) is 2.35. The Bertz CT molecular complexity index is 520. The quantitative estimate of drug-likeness (QED) is 0.811. The van der Waals surface area contributed by atoms with Crippen LogP contribution in [0.15, 0.2) is 48.7 Å². The molecule has 0 aliphatic heterocycles. The minimum absolute atomic E-state index is 0.346. The van der Waals surface area contributed by atoms with Gasteiger partial charge in [-0.15, -0.1) is 0 Å². The molecule has 3 heteroatoms. The average molecular weight is 283 g/mol. The number of aromatic nitrogens is 1. The molecule has 1 heterocycles. The third-order valence-electron chi connectivity index (χ3n) is 3.60. The molecular formula is C18H25N3. The van der Waals surface area contributed by atoms with Gasteiger partial charge in [0.15, 0.2) is 0 Å². The number of nitrogens with one attached hydrogen (secondary N) is 1. The van der Waals surface area contributed by atoms with E-state index in [2.05, 4.69) is 53.6 Å². The molecule has 0 aliphatic rings. The summed E-state index contributed by atoms with van der Waals surface area (Å²) in [6.45, 7) is 2.23. The first-order chi connectivity index (χ1) is 10.2. The van der Waals surface area contributed by atoms with E-state index >= 15 is 0 Å². The van der Waals surface area contributed by atoms with Crippen molar-refractivity contribution in [3.63, 3.8) is 0 Å². The van der Waals surface area contributed by atoms with Crippen LogP contribution in [-0.2, 0) is 0 Å². The molecule has 1 N–H and O–H groups in total. The summed E-state index contributed by atoms with van der Waals surface area (Å²) in [7, 11) is 4.01. The van der Waals surface area contributed by atoms with Crippen LogP contribution < -0.4 is 10.2 Å². The number of nitrogens with zero attached hydrogens (tertiary/aromatic N) is 2. The van der Waals surface area contributed by atoms with E-state index in [-0.39, 0.29) is 0 Å². The molecule has 3 nitrogen and oxygen atoms in total. The van der Waals surface area contributed by atoms with Crippen molar-refractivity contribution in [3.8, 4) is 0 Å². The summed E-state index contributed by atoms with van der Waals surface area (Å²) < 4.78 is 0. The zero-order valence-corrected chi connectivity index (χ0v) is 13.2. The van der Waals surface area contributed by atoms with E-state index in [1.54, 1.807) is 0 Å². The molecule has 0 saturated carbocycles. The number of pyridine rings is 1. The van der Waals surface area contributed by atoms with Crippen LogP contribution in [0.5, 0.6) is 0 Å². The number of hydrogen-bond donors (Lipinski definition) is 1. The standard InChI is InChI=1S/C18H25N3/c1-4-5-11-17(15-9-7-6-8-10-15)20-16-12-13-18(19-14-16)21(2)3/h6-10,12-14,17,20H,4-5,11H2,1-3H3. The Morgan fingerprint density at radius 2 is 1.86 bits per heavy atom. The van der Waals surface area contributed by atoms with Crippen LogP contribution in [0.3, 0.4) is 0 Å². The summed E-state index contributed by atoms with van der Waals surface area (Å²) >= 11 is 0. The third-order valence-corrected chi connectivity index (χ3v) is 3.60. The molecule has 112 valence electrons. The predicted octanol–water partition coefficient (Wildman–Crippen LogP) is 4.49. The first-order valence-corrected chi connectivity index (χ1v) is 7.65. The van der Waals surface area contributed by atoms with Crippen molar-refractivity contribution in [1.29, 1.82) is 0 Å². The topological polar surface area (TPSA) is 28.2 Å². The maximum absolute atomic E-state index is 4.47. The van der Waals surface area contributed by atoms with E-state index in [0.29, 0.717) is 6.04 Å². The first-order valence-electron chi connectivity index (χ1n) is 7.65. The number of benzene rings is 1. The van der Waals surface area contributed by atoms with Gasteiger partial charge in [0.1, 0.15) is 5.82 Å². The van der Waals surface area contributed by atoms with Crippen LogP contribution in [0.4, 0.5) is 11.5 Å². The number of hydrogen-bond acceptors (Lipinski definition) is 3. The Hall–Kier alpha value is -2.03. The molecule has 0 radical (unpaired) electrons. The van der Waals surface area contributed by atoms with Crippen LogP contribution in [0.1, 0.15) is 37.8 Å².